The van der Waals surface area contributed by atoms with Crippen molar-refractivity contribution in [3.8, 4) is 44.5 Å². The maximum absolute atomic E-state index is 2.50. The summed E-state index contributed by atoms with van der Waals surface area (Å²) in [6.45, 7) is 8.76. The highest BCUT2D eigenvalue weighted by atomic mass is 14.2. The van der Waals surface area contributed by atoms with Gasteiger partial charge in [-0.3, -0.25) is 0 Å². The topological polar surface area (TPSA) is 0 Å². The molecule has 13 rings (SSSR count). The van der Waals surface area contributed by atoms with Crippen LogP contribution in [0.25, 0.3) is 131 Å². The average molecular weight is 969 g/mol. The molecule has 360 valence electrons. The molecular formula is C76H56. The van der Waals surface area contributed by atoms with Crippen molar-refractivity contribution < 1.29 is 0 Å². The molecule has 0 N–H and O–H groups in total. The van der Waals surface area contributed by atoms with Gasteiger partial charge in [-0.15, -0.1) is 0 Å². The van der Waals surface area contributed by atoms with Crippen LogP contribution in [-0.2, 0) is 0 Å². The van der Waals surface area contributed by atoms with Crippen LogP contribution < -0.4 is 0 Å². The predicted octanol–water partition coefficient (Wildman–Crippen LogP) is 21.8. The summed E-state index contributed by atoms with van der Waals surface area (Å²) in [6, 6.07) is 90.2. The molecule has 0 nitrogen and oxygen atoms in total. The monoisotopic (exact) mass is 968 g/mol. The summed E-state index contributed by atoms with van der Waals surface area (Å²) in [5.41, 5.74) is 17.4. The van der Waals surface area contributed by atoms with Crippen molar-refractivity contribution >= 4 is 86.6 Å². The Labute approximate surface area is 445 Å². The summed E-state index contributed by atoms with van der Waals surface area (Å²) in [7, 11) is 0. The minimum Gasteiger partial charge on any atom is -0.0622 e. The molecule has 0 saturated carbocycles. The molecule has 76 heavy (non-hydrogen) atoms. The van der Waals surface area contributed by atoms with Crippen molar-refractivity contribution in [1.29, 1.82) is 0 Å². The maximum Gasteiger partial charge on any atom is -0.00259 e. The van der Waals surface area contributed by atoms with E-state index < -0.39 is 0 Å². The molecule has 0 aliphatic carbocycles. The Balaban J connectivity index is 0.940. The van der Waals surface area contributed by atoms with E-state index in [1.807, 2.05) is 0 Å². The quantitative estimate of drug-likeness (QED) is 0.0999. The summed E-state index contributed by atoms with van der Waals surface area (Å²) in [4.78, 5) is 0. The fourth-order valence-electron chi connectivity index (χ4n) is 11.7. The van der Waals surface area contributed by atoms with Crippen molar-refractivity contribution in [3.63, 3.8) is 0 Å². The Kier molecular flexibility index (Phi) is 11.9. The second-order valence-electron chi connectivity index (χ2n) is 20.6. The Morgan fingerprint density at radius 2 is 0.539 bits per heavy atom. The van der Waals surface area contributed by atoms with E-state index in [1.54, 1.807) is 0 Å². The van der Waals surface area contributed by atoms with Gasteiger partial charge < -0.3 is 0 Å². The van der Waals surface area contributed by atoms with Gasteiger partial charge in [-0.2, -0.15) is 0 Å². The second kappa shape index (κ2) is 19.5. The van der Waals surface area contributed by atoms with E-state index in [-0.39, 0.29) is 0 Å². The van der Waals surface area contributed by atoms with Gasteiger partial charge in [0.15, 0.2) is 0 Å². The second-order valence-corrected chi connectivity index (χ2v) is 20.6. The zero-order valence-corrected chi connectivity index (χ0v) is 43.4. The minimum atomic E-state index is 1.20. The van der Waals surface area contributed by atoms with E-state index in [0.717, 1.165) is 0 Å². The normalized spacial score (nSPS) is 12.8. The Bertz CT molecular complexity index is 4540. The molecule has 13 aromatic carbocycles. The Hall–Kier alpha value is -9.36. The summed E-state index contributed by atoms with van der Waals surface area (Å²) in [5, 5.41) is 17.4. The number of allylic oxidation sites excluding steroid dienone is 8. The third-order valence-corrected chi connectivity index (χ3v) is 15.9. The van der Waals surface area contributed by atoms with Crippen molar-refractivity contribution in [2.24, 2.45) is 0 Å². The van der Waals surface area contributed by atoms with Gasteiger partial charge in [-0.05, 0) is 211 Å². The molecule has 0 aromatic heterocycles. The van der Waals surface area contributed by atoms with Crippen molar-refractivity contribution in [3.05, 3.63) is 289 Å². The molecule has 0 unspecified atom stereocenters. The van der Waals surface area contributed by atoms with Crippen LogP contribution in [0.15, 0.2) is 278 Å². The van der Waals surface area contributed by atoms with Crippen molar-refractivity contribution in [1.82, 2.24) is 0 Å². The zero-order valence-electron chi connectivity index (χ0n) is 43.4. The number of hydrogen-bond donors (Lipinski definition) is 0. The first-order valence-electron chi connectivity index (χ1n) is 26.6. The molecule has 0 aliphatic rings. The van der Waals surface area contributed by atoms with Crippen LogP contribution in [0, 0.1) is 0 Å². The summed E-state index contributed by atoms with van der Waals surface area (Å²) in [6.07, 6.45) is 8.93. The van der Waals surface area contributed by atoms with E-state index in [1.165, 1.54) is 153 Å². The molecule has 13 aromatic rings. The van der Waals surface area contributed by atoms with Gasteiger partial charge in [-0.25, -0.2) is 0 Å². The molecule has 0 fully saturated rings. The van der Waals surface area contributed by atoms with Crippen LogP contribution in [0.3, 0.4) is 0 Å². The molecule has 0 amide bonds. The van der Waals surface area contributed by atoms with Gasteiger partial charge in [0.25, 0.3) is 0 Å². The molecule has 0 radical (unpaired) electrons. The fraction of sp³-hybridized carbons (Fsp3) is 0.0526. The smallest absolute Gasteiger partial charge is 0.00259 e. The van der Waals surface area contributed by atoms with Crippen LogP contribution in [0.5, 0.6) is 0 Å². The van der Waals surface area contributed by atoms with Gasteiger partial charge in [0, 0.05) is 0 Å². The fourth-order valence-corrected chi connectivity index (χ4v) is 11.7. The number of rotatable bonds is 9. The van der Waals surface area contributed by atoms with Gasteiger partial charge >= 0.3 is 0 Å². The van der Waals surface area contributed by atoms with E-state index in [2.05, 4.69) is 295 Å². The lowest BCUT2D eigenvalue weighted by atomic mass is 9.82. The van der Waals surface area contributed by atoms with Crippen LogP contribution >= 0.6 is 0 Å². The van der Waals surface area contributed by atoms with Crippen LogP contribution in [0.2, 0.25) is 0 Å². The van der Waals surface area contributed by atoms with E-state index in [4.69, 9.17) is 0 Å². The van der Waals surface area contributed by atoms with Gasteiger partial charge in [-0.1, -0.05) is 237 Å². The number of fused-ring (bicyclic) bond motifs is 7. The first kappa shape index (κ1) is 46.4. The number of hydrogen-bond acceptors (Lipinski definition) is 0. The maximum atomic E-state index is 2.50. The van der Waals surface area contributed by atoms with E-state index in [0.29, 0.717) is 0 Å². The van der Waals surface area contributed by atoms with E-state index in [9.17, 15) is 0 Å². The highest BCUT2D eigenvalue weighted by Gasteiger charge is 2.21. The third-order valence-electron chi connectivity index (χ3n) is 15.9. The molecule has 0 aliphatic heterocycles. The van der Waals surface area contributed by atoms with E-state index >= 15 is 0 Å². The summed E-state index contributed by atoms with van der Waals surface area (Å²) < 4.78 is 0. The zero-order chi connectivity index (χ0) is 51.3. The molecule has 0 atom stereocenters. The van der Waals surface area contributed by atoms with Crippen LogP contribution in [0.4, 0.5) is 0 Å². The number of benzene rings is 13. The lowest BCUT2D eigenvalue weighted by Crippen LogP contribution is -1.94. The van der Waals surface area contributed by atoms with Crippen LogP contribution in [-0.4, -0.2) is 0 Å². The van der Waals surface area contributed by atoms with Gasteiger partial charge in [0.1, 0.15) is 0 Å². The largest absolute Gasteiger partial charge is 0.0622 e. The molecular weight excluding hydrogens is 913 g/mol. The molecule has 0 saturated heterocycles. The van der Waals surface area contributed by atoms with Gasteiger partial charge in [0.05, 0.1) is 0 Å². The first-order valence-corrected chi connectivity index (χ1v) is 26.6. The lowest BCUT2D eigenvalue weighted by Gasteiger charge is -2.21. The highest BCUT2D eigenvalue weighted by Crippen LogP contribution is 2.49. The molecule has 0 heterocycles. The third kappa shape index (κ3) is 8.39. The predicted molar refractivity (Wildman–Crippen MR) is 332 cm³/mol. The highest BCUT2D eigenvalue weighted by molar-refractivity contribution is 6.25. The van der Waals surface area contributed by atoms with Gasteiger partial charge in [0.2, 0.25) is 0 Å². The Morgan fingerprint density at radius 1 is 0.224 bits per heavy atom. The minimum absolute atomic E-state index is 1.20. The van der Waals surface area contributed by atoms with Crippen LogP contribution in [0.1, 0.15) is 38.8 Å². The standard InChI is InChI=1S/C76H56/c1-49(30-32-51(3)53-18-6-5-7-19-53)50(2)31-33-52(4)56-36-37-60-47-62(41-38-59(60)44-56)73-65-24-12-14-26-67(65)75(68-27-15-13-25-66(68)73)64-42-43-71-72(48-64)76(63-40-35-55-21-9-11-23-58(55)46-63)70-29-17-16-28-69(70)74(71)61-39-34-54-20-8-10-22-57(54)45-61/h5-48H,1-4H3/b49-30+,50-31+,51-32+,52-33+. The molecule has 0 spiro atoms. The Morgan fingerprint density at radius 3 is 1.01 bits per heavy atom. The average Bonchev–Trinajstić information content (AvgIpc) is 3.60. The van der Waals surface area contributed by atoms with Crippen molar-refractivity contribution in [2.45, 2.75) is 27.7 Å². The summed E-state index contributed by atoms with van der Waals surface area (Å²) >= 11 is 0. The molecule has 0 bridgehead atoms. The first-order chi connectivity index (χ1) is 37.3. The SMILES string of the molecule is CC(=C\C=C(/C)c1ccccc1)/C(C)=C/C=C(\C)c1ccc2cc(-c3c4ccccc4c(-c4ccc5c(-c6ccc7ccccc7c6)c6ccccc6c(-c6ccc7ccccc7c6)c5c4)c4ccccc34)ccc2c1. The lowest BCUT2D eigenvalue weighted by molar-refractivity contribution is 1.34. The van der Waals surface area contributed by atoms with Crippen molar-refractivity contribution in [2.75, 3.05) is 0 Å². The summed E-state index contributed by atoms with van der Waals surface area (Å²) in [5.74, 6) is 0. The molecule has 0 heteroatoms.